The normalized spacial score (nSPS) is 11.8. The number of halogens is 1. The third-order valence-corrected chi connectivity index (χ3v) is 5.49. The maximum Gasteiger partial charge on any atom is 0.307 e. The molecule has 0 radical (unpaired) electrons. The molecule has 0 saturated carbocycles. The largest absolute Gasteiger partial charge is 0.469 e. The summed E-state index contributed by atoms with van der Waals surface area (Å²) in [5, 5.41) is 6.66. The zero-order valence-electron chi connectivity index (χ0n) is 13.8. The number of carbonyl (C=O) groups is 2. The van der Waals surface area contributed by atoms with Crippen LogP contribution in [0.2, 0.25) is 0 Å². The summed E-state index contributed by atoms with van der Waals surface area (Å²) in [5.74, 6) is -1.24. The highest BCUT2D eigenvalue weighted by molar-refractivity contribution is 7.13. The minimum Gasteiger partial charge on any atom is -0.469 e. The standard InChI is InChI=1S/C18H15FN2O3S2/c1-24-16(22)9-13(15-7-4-8-25-15)20-17(23)14-10-26-18(21-14)11-5-2-3-6-12(11)19/h2-8,10,13H,9H2,1H3,(H,20,23). The van der Waals surface area contributed by atoms with E-state index in [0.717, 1.165) is 4.88 Å². The number of aromatic nitrogens is 1. The molecule has 0 saturated heterocycles. The van der Waals surface area contributed by atoms with E-state index in [1.54, 1.807) is 23.6 Å². The number of esters is 1. The quantitative estimate of drug-likeness (QED) is 0.645. The average molecular weight is 390 g/mol. The van der Waals surface area contributed by atoms with Crippen molar-refractivity contribution in [1.82, 2.24) is 10.3 Å². The molecule has 2 aromatic heterocycles. The number of thiazole rings is 1. The van der Waals surface area contributed by atoms with Crippen molar-refractivity contribution in [3.05, 3.63) is 63.5 Å². The molecule has 8 heteroatoms. The number of nitrogens with one attached hydrogen (secondary N) is 1. The van der Waals surface area contributed by atoms with E-state index < -0.39 is 23.7 Å². The number of rotatable bonds is 6. The molecule has 1 aromatic carbocycles. The van der Waals surface area contributed by atoms with E-state index in [9.17, 15) is 14.0 Å². The van der Waals surface area contributed by atoms with Crippen molar-refractivity contribution in [2.75, 3.05) is 7.11 Å². The maximum atomic E-state index is 13.9. The lowest BCUT2D eigenvalue weighted by atomic mass is 10.1. The van der Waals surface area contributed by atoms with Crippen LogP contribution < -0.4 is 5.32 Å². The molecule has 1 unspecified atom stereocenters. The molecule has 2 heterocycles. The van der Waals surface area contributed by atoms with Crippen molar-refractivity contribution in [2.45, 2.75) is 12.5 Å². The first-order chi connectivity index (χ1) is 12.6. The van der Waals surface area contributed by atoms with E-state index >= 15 is 0 Å². The van der Waals surface area contributed by atoms with Crippen molar-refractivity contribution >= 4 is 34.6 Å². The van der Waals surface area contributed by atoms with Crippen molar-refractivity contribution in [3.63, 3.8) is 0 Å². The fourth-order valence-corrected chi connectivity index (χ4v) is 3.94. The first-order valence-electron chi connectivity index (χ1n) is 7.70. The zero-order chi connectivity index (χ0) is 18.5. The lowest BCUT2D eigenvalue weighted by Gasteiger charge is -2.15. The summed E-state index contributed by atoms with van der Waals surface area (Å²) < 4.78 is 18.6. The van der Waals surface area contributed by atoms with Crippen LogP contribution in [-0.4, -0.2) is 24.0 Å². The minimum atomic E-state index is -0.506. The highest BCUT2D eigenvalue weighted by Gasteiger charge is 2.22. The second kappa shape index (κ2) is 8.20. The van der Waals surface area contributed by atoms with Gasteiger partial charge >= 0.3 is 5.97 Å². The van der Waals surface area contributed by atoms with Gasteiger partial charge in [-0.1, -0.05) is 18.2 Å². The van der Waals surface area contributed by atoms with Crippen molar-refractivity contribution < 1.29 is 18.7 Å². The van der Waals surface area contributed by atoms with E-state index in [2.05, 4.69) is 10.3 Å². The second-order valence-electron chi connectivity index (χ2n) is 5.34. The van der Waals surface area contributed by atoms with Crippen LogP contribution in [0.5, 0.6) is 0 Å². The van der Waals surface area contributed by atoms with Crippen LogP contribution in [0.25, 0.3) is 10.6 Å². The topological polar surface area (TPSA) is 68.3 Å². The van der Waals surface area contributed by atoms with Crippen LogP contribution in [0, 0.1) is 5.82 Å². The van der Waals surface area contributed by atoms with Crippen LogP contribution in [0.1, 0.15) is 27.8 Å². The summed E-state index contributed by atoms with van der Waals surface area (Å²) in [6, 6.07) is 9.44. The predicted molar refractivity (Wildman–Crippen MR) is 98.7 cm³/mol. The number of nitrogens with zero attached hydrogens (tertiary/aromatic N) is 1. The molecule has 0 fully saturated rings. The third-order valence-electron chi connectivity index (χ3n) is 3.63. The predicted octanol–water partition coefficient (Wildman–Crippen LogP) is 4.04. The van der Waals surface area contributed by atoms with Gasteiger partial charge in [0.05, 0.1) is 19.6 Å². The van der Waals surface area contributed by atoms with Gasteiger partial charge in [0.1, 0.15) is 16.5 Å². The van der Waals surface area contributed by atoms with Gasteiger partial charge in [-0.3, -0.25) is 9.59 Å². The molecule has 5 nitrogen and oxygen atoms in total. The number of amides is 1. The molecule has 0 aliphatic heterocycles. The van der Waals surface area contributed by atoms with E-state index in [1.165, 1.54) is 35.8 Å². The van der Waals surface area contributed by atoms with Gasteiger partial charge in [-0.2, -0.15) is 0 Å². The lowest BCUT2D eigenvalue weighted by Crippen LogP contribution is -2.30. The molecule has 1 atom stereocenters. The van der Waals surface area contributed by atoms with Crippen LogP contribution in [0.4, 0.5) is 4.39 Å². The van der Waals surface area contributed by atoms with Gasteiger partial charge in [-0.05, 0) is 23.6 Å². The van der Waals surface area contributed by atoms with Gasteiger partial charge < -0.3 is 10.1 Å². The van der Waals surface area contributed by atoms with E-state index in [1.807, 2.05) is 17.5 Å². The van der Waals surface area contributed by atoms with Crippen LogP contribution >= 0.6 is 22.7 Å². The zero-order valence-corrected chi connectivity index (χ0v) is 15.4. The Kier molecular flexibility index (Phi) is 5.75. The van der Waals surface area contributed by atoms with Crippen molar-refractivity contribution in [3.8, 4) is 10.6 Å². The van der Waals surface area contributed by atoms with Gasteiger partial charge in [0.15, 0.2) is 0 Å². The lowest BCUT2D eigenvalue weighted by molar-refractivity contribution is -0.141. The smallest absolute Gasteiger partial charge is 0.307 e. The van der Waals surface area contributed by atoms with Crippen molar-refractivity contribution in [2.24, 2.45) is 0 Å². The second-order valence-corrected chi connectivity index (χ2v) is 7.18. The molecule has 0 bridgehead atoms. The Morgan fingerprint density at radius 1 is 1.23 bits per heavy atom. The molecule has 1 amide bonds. The summed E-state index contributed by atoms with van der Waals surface area (Å²) in [6.45, 7) is 0. The van der Waals surface area contributed by atoms with Gasteiger partial charge in [-0.25, -0.2) is 9.37 Å². The SMILES string of the molecule is COC(=O)CC(NC(=O)c1csc(-c2ccccc2F)n1)c1cccs1. The Morgan fingerprint density at radius 2 is 2.04 bits per heavy atom. The summed E-state index contributed by atoms with van der Waals surface area (Å²) in [6.07, 6.45) is 0.0209. The van der Waals surface area contributed by atoms with Gasteiger partial charge in [-0.15, -0.1) is 22.7 Å². The molecule has 134 valence electrons. The molecule has 0 aliphatic carbocycles. The molecule has 1 N–H and O–H groups in total. The number of hydrogen-bond acceptors (Lipinski definition) is 6. The van der Waals surface area contributed by atoms with Crippen LogP contribution in [0.15, 0.2) is 47.2 Å². The molecular formula is C18H15FN2O3S2. The molecule has 3 rings (SSSR count). The van der Waals surface area contributed by atoms with Gasteiger partial charge in [0, 0.05) is 15.8 Å². The average Bonchev–Trinajstić information content (AvgIpc) is 3.33. The number of hydrogen-bond donors (Lipinski definition) is 1. The number of benzene rings is 1. The first-order valence-corrected chi connectivity index (χ1v) is 9.46. The molecule has 3 aromatic rings. The minimum absolute atomic E-state index is 0.0209. The van der Waals surface area contributed by atoms with E-state index in [0.29, 0.717) is 10.6 Å². The molecule has 26 heavy (non-hydrogen) atoms. The number of carbonyl (C=O) groups excluding carboxylic acids is 2. The Morgan fingerprint density at radius 3 is 2.73 bits per heavy atom. The fourth-order valence-electron chi connectivity index (χ4n) is 2.33. The Hall–Kier alpha value is -2.58. The highest BCUT2D eigenvalue weighted by Crippen LogP contribution is 2.27. The fraction of sp³-hybridized carbons (Fsp3) is 0.167. The Balaban J connectivity index is 1.78. The highest BCUT2D eigenvalue weighted by atomic mass is 32.1. The summed E-state index contributed by atoms with van der Waals surface area (Å²) in [5.41, 5.74) is 0.528. The first kappa shape index (κ1) is 18.2. The Bertz CT molecular complexity index is 909. The Labute approximate surface area is 157 Å². The number of ether oxygens (including phenoxy) is 1. The summed E-state index contributed by atoms with van der Waals surface area (Å²) >= 11 is 2.62. The monoisotopic (exact) mass is 390 g/mol. The number of methoxy groups -OCH3 is 1. The molecule has 0 spiro atoms. The molecule has 0 aliphatic rings. The maximum absolute atomic E-state index is 13.9. The van der Waals surface area contributed by atoms with Crippen molar-refractivity contribution in [1.29, 1.82) is 0 Å². The number of thiophene rings is 1. The van der Waals surface area contributed by atoms with E-state index in [4.69, 9.17) is 4.74 Å². The molecular weight excluding hydrogens is 375 g/mol. The van der Waals surface area contributed by atoms with Gasteiger partial charge in [0.25, 0.3) is 5.91 Å². The summed E-state index contributed by atoms with van der Waals surface area (Å²) in [7, 11) is 1.30. The van der Waals surface area contributed by atoms with Crippen LogP contribution in [-0.2, 0) is 9.53 Å². The van der Waals surface area contributed by atoms with Crippen LogP contribution in [0.3, 0.4) is 0 Å². The summed E-state index contributed by atoms with van der Waals surface area (Å²) in [4.78, 5) is 29.2. The third kappa shape index (κ3) is 4.14. The van der Waals surface area contributed by atoms with E-state index in [-0.39, 0.29) is 12.1 Å². The van der Waals surface area contributed by atoms with Gasteiger partial charge in [0.2, 0.25) is 0 Å².